The Balaban J connectivity index is 1.31. The summed E-state index contributed by atoms with van der Waals surface area (Å²) >= 11 is 1.45. The van der Waals surface area contributed by atoms with Crippen LogP contribution in [0, 0.1) is 0 Å². The van der Waals surface area contributed by atoms with Crippen LogP contribution in [0.1, 0.15) is 34.3 Å². The van der Waals surface area contributed by atoms with Crippen LogP contribution in [0.3, 0.4) is 0 Å². The van der Waals surface area contributed by atoms with Crippen molar-refractivity contribution in [2.75, 3.05) is 18.9 Å². The third-order valence-corrected chi connectivity index (χ3v) is 7.30. The SMILES string of the molecule is O=C(COC(=O)[C@@]12CCC(=O)N1CCS2)c1ccc2c(c1)-c1ccccc1C2. The van der Waals surface area contributed by atoms with Crippen molar-refractivity contribution in [3.63, 3.8) is 0 Å². The standard InChI is InChI=1S/C22H19NO4S/c24-19(13-27-21(26)22-8-7-20(25)23(22)9-10-28-22)16-6-5-15-11-14-3-1-2-4-17(14)18(15)12-16/h1-6,12H,7-11,13H2/t22-/m0/s1. The molecule has 6 heteroatoms. The van der Waals surface area contributed by atoms with Crippen LogP contribution in [0.4, 0.5) is 0 Å². The van der Waals surface area contributed by atoms with E-state index in [2.05, 4.69) is 12.1 Å². The first-order chi connectivity index (χ1) is 13.6. The Hall–Kier alpha value is -2.60. The van der Waals surface area contributed by atoms with Crippen LogP contribution in [-0.2, 0) is 20.7 Å². The second kappa shape index (κ2) is 6.48. The molecule has 2 aliphatic heterocycles. The molecule has 2 aromatic carbocycles. The zero-order valence-electron chi connectivity index (χ0n) is 15.3. The maximum Gasteiger partial charge on any atom is 0.343 e. The molecule has 1 amide bonds. The number of ether oxygens (including phenoxy) is 1. The summed E-state index contributed by atoms with van der Waals surface area (Å²) in [5.41, 5.74) is 5.24. The minimum atomic E-state index is -0.922. The van der Waals surface area contributed by atoms with Gasteiger partial charge in [-0.1, -0.05) is 36.4 Å². The Bertz CT molecular complexity index is 1020. The minimum Gasteiger partial charge on any atom is -0.455 e. The maximum atomic E-state index is 12.7. The van der Waals surface area contributed by atoms with E-state index < -0.39 is 10.8 Å². The van der Waals surface area contributed by atoms with Crippen LogP contribution in [0.15, 0.2) is 42.5 Å². The van der Waals surface area contributed by atoms with Crippen LogP contribution in [0.5, 0.6) is 0 Å². The molecule has 0 spiro atoms. The van der Waals surface area contributed by atoms with Gasteiger partial charge in [0, 0.05) is 24.3 Å². The third kappa shape index (κ3) is 2.58. The number of nitrogens with zero attached hydrogens (tertiary/aromatic N) is 1. The van der Waals surface area contributed by atoms with Crippen molar-refractivity contribution in [3.05, 3.63) is 59.2 Å². The molecule has 2 heterocycles. The molecule has 0 radical (unpaired) electrons. The first-order valence-corrected chi connectivity index (χ1v) is 10.4. The number of thioether (sulfide) groups is 1. The number of rotatable bonds is 4. The number of esters is 1. The molecule has 1 atom stereocenters. The van der Waals surface area contributed by atoms with Gasteiger partial charge < -0.3 is 9.64 Å². The van der Waals surface area contributed by atoms with Gasteiger partial charge in [-0.25, -0.2) is 4.79 Å². The van der Waals surface area contributed by atoms with E-state index in [1.165, 1.54) is 22.9 Å². The Labute approximate surface area is 167 Å². The van der Waals surface area contributed by atoms with E-state index in [0.29, 0.717) is 24.9 Å². The molecule has 3 aliphatic rings. The second-order valence-corrected chi connectivity index (χ2v) is 8.76. The molecule has 1 aliphatic carbocycles. The molecule has 28 heavy (non-hydrogen) atoms. The molecule has 0 N–H and O–H groups in total. The summed E-state index contributed by atoms with van der Waals surface area (Å²) in [6.07, 6.45) is 1.69. The molecule has 0 aromatic heterocycles. The molecule has 2 saturated heterocycles. The molecule has 0 bridgehead atoms. The number of carbonyl (C=O) groups excluding carboxylic acids is 3. The normalized spacial score (nSPS) is 22.0. The first-order valence-electron chi connectivity index (χ1n) is 9.44. The highest BCUT2D eigenvalue weighted by molar-refractivity contribution is 8.01. The number of fused-ring (bicyclic) bond motifs is 4. The van der Waals surface area contributed by atoms with Crippen molar-refractivity contribution in [2.24, 2.45) is 0 Å². The first kappa shape index (κ1) is 17.5. The van der Waals surface area contributed by atoms with Gasteiger partial charge in [-0.2, -0.15) is 0 Å². The molecule has 142 valence electrons. The van der Waals surface area contributed by atoms with Crippen LogP contribution in [0.2, 0.25) is 0 Å². The van der Waals surface area contributed by atoms with Gasteiger partial charge in [-0.05, 0) is 41.2 Å². The Morgan fingerprint density at radius 3 is 2.82 bits per heavy atom. The van der Waals surface area contributed by atoms with Gasteiger partial charge in [-0.15, -0.1) is 11.8 Å². The van der Waals surface area contributed by atoms with E-state index >= 15 is 0 Å². The summed E-state index contributed by atoms with van der Waals surface area (Å²) in [7, 11) is 0. The van der Waals surface area contributed by atoms with Gasteiger partial charge in [0.2, 0.25) is 5.91 Å². The lowest BCUT2D eigenvalue weighted by atomic mass is 10.0. The highest BCUT2D eigenvalue weighted by Crippen LogP contribution is 2.45. The minimum absolute atomic E-state index is 0.00874. The fraction of sp³-hybridized carbons (Fsp3) is 0.318. The molecule has 0 saturated carbocycles. The van der Waals surface area contributed by atoms with Gasteiger partial charge in [0.1, 0.15) is 0 Å². The summed E-state index contributed by atoms with van der Waals surface area (Å²) in [6.45, 7) is 0.264. The van der Waals surface area contributed by atoms with E-state index in [-0.39, 0.29) is 18.3 Å². The van der Waals surface area contributed by atoms with Crippen molar-refractivity contribution >= 4 is 29.4 Å². The summed E-state index contributed by atoms with van der Waals surface area (Å²) in [6, 6.07) is 13.9. The summed E-state index contributed by atoms with van der Waals surface area (Å²) in [5.74, 6) is 0.0148. The number of Topliss-reactive ketones (excluding diaryl/α,β-unsaturated/α-hetero) is 1. The van der Waals surface area contributed by atoms with E-state index in [9.17, 15) is 14.4 Å². The third-order valence-electron chi connectivity index (χ3n) is 5.84. The quantitative estimate of drug-likeness (QED) is 0.504. The predicted octanol–water partition coefficient (Wildman–Crippen LogP) is 3.05. The summed E-state index contributed by atoms with van der Waals surface area (Å²) < 4.78 is 5.38. The van der Waals surface area contributed by atoms with Crippen molar-refractivity contribution in [3.8, 4) is 11.1 Å². The van der Waals surface area contributed by atoms with Crippen LogP contribution < -0.4 is 0 Å². The lowest BCUT2D eigenvalue weighted by Gasteiger charge is -2.28. The lowest BCUT2D eigenvalue weighted by molar-refractivity contribution is -0.152. The Morgan fingerprint density at radius 2 is 1.93 bits per heavy atom. The van der Waals surface area contributed by atoms with E-state index in [0.717, 1.165) is 23.3 Å². The van der Waals surface area contributed by atoms with E-state index in [4.69, 9.17) is 4.74 Å². The highest BCUT2D eigenvalue weighted by atomic mass is 32.2. The fourth-order valence-electron chi connectivity index (χ4n) is 4.40. The number of hydrogen-bond donors (Lipinski definition) is 0. The molecule has 2 fully saturated rings. The second-order valence-electron chi connectivity index (χ2n) is 7.38. The number of carbonyl (C=O) groups is 3. The number of ketones is 1. The van der Waals surface area contributed by atoms with Crippen LogP contribution >= 0.6 is 11.8 Å². The van der Waals surface area contributed by atoms with Crippen molar-refractivity contribution in [1.82, 2.24) is 4.90 Å². The smallest absolute Gasteiger partial charge is 0.343 e. The van der Waals surface area contributed by atoms with Crippen molar-refractivity contribution < 1.29 is 19.1 Å². The zero-order valence-corrected chi connectivity index (χ0v) is 16.1. The highest BCUT2D eigenvalue weighted by Gasteiger charge is 2.56. The van der Waals surface area contributed by atoms with Crippen molar-refractivity contribution in [2.45, 2.75) is 24.1 Å². The Kier molecular flexibility index (Phi) is 4.05. The number of hydrogen-bond acceptors (Lipinski definition) is 5. The average Bonchev–Trinajstić information content (AvgIpc) is 3.39. The topological polar surface area (TPSA) is 63.7 Å². The van der Waals surface area contributed by atoms with Gasteiger partial charge >= 0.3 is 5.97 Å². The fourth-order valence-corrected chi connectivity index (χ4v) is 5.79. The lowest BCUT2D eigenvalue weighted by Crippen LogP contribution is -2.46. The van der Waals surface area contributed by atoms with Gasteiger partial charge in [0.15, 0.2) is 17.3 Å². The molecule has 5 rings (SSSR count). The van der Waals surface area contributed by atoms with Crippen molar-refractivity contribution in [1.29, 1.82) is 0 Å². The van der Waals surface area contributed by atoms with Gasteiger partial charge in [-0.3, -0.25) is 9.59 Å². The number of amides is 1. The molecule has 0 unspecified atom stereocenters. The largest absolute Gasteiger partial charge is 0.455 e. The molecule has 2 aromatic rings. The summed E-state index contributed by atoms with van der Waals surface area (Å²) in [5, 5.41) is 0. The van der Waals surface area contributed by atoms with Crippen LogP contribution in [0.25, 0.3) is 11.1 Å². The zero-order chi connectivity index (χ0) is 19.3. The summed E-state index contributed by atoms with van der Waals surface area (Å²) in [4.78, 5) is 38.0. The monoisotopic (exact) mass is 393 g/mol. The molecule has 5 nitrogen and oxygen atoms in total. The number of benzene rings is 2. The molecular formula is C22H19NO4S. The predicted molar refractivity (Wildman–Crippen MR) is 106 cm³/mol. The van der Waals surface area contributed by atoms with Gasteiger partial charge in [0.25, 0.3) is 0 Å². The molecular weight excluding hydrogens is 374 g/mol. The van der Waals surface area contributed by atoms with E-state index in [1.807, 2.05) is 24.3 Å². The average molecular weight is 393 g/mol. The maximum absolute atomic E-state index is 12.7. The van der Waals surface area contributed by atoms with E-state index in [1.54, 1.807) is 11.0 Å². The Morgan fingerprint density at radius 1 is 1.11 bits per heavy atom. The van der Waals surface area contributed by atoms with Gasteiger partial charge in [0.05, 0.1) is 0 Å². The van der Waals surface area contributed by atoms with Crippen LogP contribution in [-0.4, -0.2) is 46.3 Å².